The molecule has 0 aliphatic heterocycles. The summed E-state index contributed by atoms with van der Waals surface area (Å²) < 4.78 is 0. The fraction of sp³-hybridized carbons (Fsp3) is 0.700. The van der Waals surface area contributed by atoms with E-state index in [1.54, 1.807) is 0 Å². The SMILES string of the molecule is CN(C)Cc1cc(C(C)(C)C)cc(CNC2CCCCC2)c1O.Cl. The highest BCUT2D eigenvalue weighted by Gasteiger charge is 2.20. The van der Waals surface area contributed by atoms with Crippen LogP contribution in [0.4, 0.5) is 0 Å². The first-order valence-electron chi connectivity index (χ1n) is 9.00. The fourth-order valence-electron chi connectivity index (χ4n) is 3.35. The number of nitrogens with one attached hydrogen (secondary N) is 1. The van der Waals surface area contributed by atoms with E-state index >= 15 is 0 Å². The number of aromatic hydroxyl groups is 1. The van der Waals surface area contributed by atoms with Crippen molar-refractivity contribution in [2.45, 2.75) is 77.4 Å². The van der Waals surface area contributed by atoms with Gasteiger partial charge in [-0.05, 0) is 37.9 Å². The Morgan fingerprint density at radius 3 is 2.21 bits per heavy atom. The minimum absolute atomic E-state index is 0. The van der Waals surface area contributed by atoms with Crippen LogP contribution in [-0.2, 0) is 18.5 Å². The third kappa shape index (κ3) is 5.94. The Labute approximate surface area is 154 Å². The molecular formula is C20H35ClN2O. The van der Waals surface area contributed by atoms with Crippen molar-refractivity contribution in [1.82, 2.24) is 10.2 Å². The van der Waals surface area contributed by atoms with Crippen molar-refractivity contribution < 1.29 is 5.11 Å². The van der Waals surface area contributed by atoms with Crippen LogP contribution in [0.2, 0.25) is 0 Å². The molecule has 1 fully saturated rings. The highest BCUT2D eigenvalue weighted by molar-refractivity contribution is 5.85. The van der Waals surface area contributed by atoms with Crippen molar-refractivity contribution >= 4 is 12.4 Å². The lowest BCUT2D eigenvalue weighted by molar-refractivity contribution is 0.364. The van der Waals surface area contributed by atoms with Crippen LogP contribution in [0.3, 0.4) is 0 Å². The summed E-state index contributed by atoms with van der Waals surface area (Å²) in [6, 6.07) is 4.96. The average Bonchev–Trinajstić information content (AvgIpc) is 2.47. The maximum atomic E-state index is 10.7. The van der Waals surface area contributed by atoms with Crippen LogP contribution >= 0.6 is 12.4 Å². The zero-order valence-electron chi connectivity index (χ0n) is 16.0. The van der Waals surface area contributed by atoms with Gasteiger partial charge in [-0.25, -0.2) is 0 Å². The predicted octanol–water partition coefficient (Wildman–Crippen LogP) is 4.60. The lowest BCUT2D eigenvalue weighted by atomic mass is 9.84. The van der Waals surface area contributed by atoms with Crippen LogP contribution in [-0.4, -0.2) is 30.1 Å². The normalized spacial score (nSPS) is 16.2. The number of phenolic OH excluding ortho intramolecular Hbond substituents is 1. The van der Waals surface area contributed by atoms with E-state index in [1.165, 1.54) is 37.7 Å². The molecule has 0 heterocycles. The molecule has 2 rings (SSSR count). The molecule has 0 bridgehead atoms. The maximum Gasteiger partial charge on any atom is 0.124 e. The number of nitrogens with zero attached hydrogens (tertiary/aromatic N) is 1. The van der Waals surface area contributed by atoms with Crippen molar-refractivity contribution in [3.8, 4) is 5.75 Å². The van der Waals surface area contributed by atoms with Gasteiger partial charge in [0.1, 0.15) is 5.75 Å². The molecule has 1 saturated carbocycles. The number of halogens is 1. The van der Waals surface area contributed by atoms with E-state index in [-0.39, 0.29) is 17.8 Å². The number of rotatable bonds is 5. The van der Waals surface area contributed by atoms with Gasteiger partial charge < -0.3 is 15.3 Å². The topological polar surface area (TPSA) is 35.5 Å². The molecule has 1 aromatic rings. The quantitative estimate of drug-likeness (QED) is 0.811. The van der Waals surface area contributed by atoms with Crippen LogP contribution in [0, 0.1) is 0 Å². The lowest BCUT2D eigenvalue weighted by Crippen LogP contribution is -2.30. The molecule has 0 amide bonds. The van der Waals surface area contributed by atoms with E-state index in [0.717, 1.165) is 24.2 Å². The first-order valence-corrected chi connectivity index (χ1v) is 9.00. The minimum atomic E-state index is 0. The van der Waals surface area contributed by atoms with E-state index in [0.29, 0.717) is 11.8 Å². The van der Waals surface area contributed by atoms with Gasteiger partial charge >= 0.3 is 0 Å². The van der Waals surface area contributed by atoms with Crippen LogP contribution in [0.1, 0.15) is 69.6 Å². The van der Waals surface area contributed by atoms with E-state index in [4.69, 9.17) is 0 Å². The molecule has 4 heteroatoms. The van der Waals surface area contributed by atoms with E-state index in [1.807, 2.05) is 14.1 Å². The molecule has 1 aliphatic rings. The highest BCUT2D eigenvalue weighted by atomic mass is 35.5. The van der Waals surface area contributed by atoms with Crippen LogP contribution in [0.25, 0.3) is 0 Å². The molecule has 2 N–H and O–H groups in total. The molecule has 0 saturated heterocycles. The maximum absolute atomic E-state index is 10.7. The molecule has 1 aliphatic carbocycles. The Morgan fingerprint density at radius 2 is 1.67 bits per heavy atom. The third-order valence-corrected chi connectivity index (χ3v) is 4.81. The number of benzene rings is 1. The van der Waals surface area contributed by atoms with Crippen molar-refractivity contribution in [1.29, 1.82) is 0 Å². The van der Waals surface area contributed by atoms with Crippen LogP contribution < -0.4 is 5.32 Å². The summed E-state index contributed by atoms with van der Waals surface area (Å²) in [6.07, 6.45) is 6.57. The monoisotopic (exact) mass is 354 g/mol. The second kappa shape index (κ2) is 9.07. The van der Waals surface area contributed by atoms with Gasteiger partial charge in [0.25, 0.3) is 0 Å². The smallest absolute Gasteiger partial charge is 0.124 e. The first-order chi connectivity index (χ1) is 10.8. The van der Waals surface area contributed by atoms with Crippen molar-refractivity contribution in [3.05, 3.63) is 28.8 Å². The summed E-state index contributed by atoms with van der Waals surface area (Å²) in [5.41, 5.74) is 3.46. The van der Waals surface area contributed by atoms with E-state index in [9.17, 15) is 5.11 Å². The molecule has 1 aromatic carbocycles. The number of hydrogen-bond acceptors (Lipinski definition) is 3. The Kier molecular flexibility index (Phi) is 8.04. The molecule has 3 nitrogen and oxygen atoms in total. The molecular weight excluding hydrogens is 320 g/mol. The van der Waals surface area contributed by atoms with Crippen molar-refractivity contribution in [3.63, 3.8) is 0 Å². The predicted molar refractivity (Wildman–Crippen MR) is 105 cm³/mol. The van der Waals surface area contributed by atoms with Crippen LogP contribution in [0.5, 0.6) is 5.75 Å². The fourth-order valence-corrected chi connectivity index (χ4v) is 3.35. The molecule has 138 valence electrons. The lowest BCUT2D eigenvalue weighted by Gasteiger charge is -2.26. The van der Waals surface area contributed by atoms with Gasteiger partial charge in [0.15, 0.2) is 0 Å². The second-order valence-electron chi connectivity index (χ2n) is 8.35. The second-order valence-corrected chi connectivity index (χ2v) is 8.35. The highest BCUT2D eigenvalue weighted by Crippen LogP contribution is 2.32. The van der Waals surface area contributed by atoms with Gasteiger partial charge in [0, 0.05) is 30.3 Å². The Morgan fingerprint density at radius 1 is 1.08 bits per heavy atom. The summed E-state index contributed by atoms with van der Waals surface area (Å²) >= 11 is 0. The molecule has 0 radical (unpaired) electrons. The zero-order chi connectivity index (χ0) is 17.0. The third-order valence-electron chi connectivity index (χ3n) is 4.81. The summed E-state index contributed by atoms with van der Waals surface area (Å²) in [5, 5.41) is 14.4. The molecule has 24 heavy (non-hydrogen) atoms. The Hall–Kier alpha value is -0.770. The summed E-state index contributed by atoms with van der Waals surface area (Å²) in [7, 11) is 4.09. The average molecular weight is 355 g/mol. The molecule has 0 unspecified atom stereocenters. The van der Waals surface area contributed by atoms with E-state index < -0.39 is 0 Å². The minimum Gasteiger partial charge on any atom is -0.507 e. The standard InChI is InChI=1S/C20H34N2O.ClH/c1-20(2,3)17-11-15(13-21-18-9-7-6-8-10-18)19(23)16(12-17)14-22(4)5;/h11-12,18,21,23H,6-10,13-14H2,1-5H3;1H. The van der Waals surface area contributed by atoms with Gasteiger partial charge in [-0.1, -0.05) is 52.2 Å². The van der Waals surface area contributed by atoms with Crippen LogP contribution in [0.15, 0.2) is 12.1 Å². The van der Waals surface area contributed by atoms with E-state index in [2.05, 4.69) is 43.1 Å². The Bertz CT molecular complexity index is 517. The summed E-state index contributed by atoms with van der Waals surface area (Å²) in [4.78, 5) is 2.11. The van der Waals surface area contributed by atoms with Gasteiger partial charge in [-0.15, -0.1) is 12.4 Å². The van der Waals surface area contributed by atoms with Gasteiger partial charge in [0.2, 0.25) is 0 Å². The molecule has 0 spiro atoms. The number of phenols is 1. The van der Waals surface area contributed by atoms with Gasteiger partial charge in [-0.2, -0.15) is 0 Å². The summed E-state index contributed by atoms with van der Waals surface area (Å²) in [6.45, 7) is 8.23. The molecule has 0 atom stereocenters. The zero-order valence-corrected chi connectivity index (χ0v) is 16.8. The van der Waals surface area contributed by atoms with Crippen molar-refractivity contribution in [2.75, 3.05) is 14.1 Å². The Balaban J connectivity index is 0.00000288. The number of hydrogen-bond donors (Lipinski definition) is 2. The van der Waals surface area contributed by atoms with Gasteiger partial charge in [0.05, 0.1) is 0 Å². The largest absolute Gasteiger partial charge is 0.507 e. The van der Waals surface area contributed by atoms with Gasteiger partial charge in [-0.3, -0.25) is 0 Å². The molecule has 0 aromatic heterocycles. The summed E-state index contributed by atoms with van der Waals surface area (Å²) in [5.74, 6) is 0.468. The van der Waals surface area contributed by atoms with Crippen molar-refractivity contribution in [2.24, 2.45) is 0 Å². The first kappa shape index (κ1) is 21.3.